The lowest BCUT2D eigenvalue weighted by molar-refractivity contribution is 1.29. The molecule has 0 spiro atoms. The molecule has 1 nitrogen and oxygen atoms in total. The number of hydrogen-bond acceptors (Lipinski definition) is 2. The Kier molecular flexibility index (Phi) is 8.79. The highest BCUT2D eigenvalue weighted by molar-refractivity contribution is 7.25. The van der Waals surface area contributed by atoms with Crippen molar-refractivity contribution in [3.63, 3.8) is 0 Å². The van der Waals surface area contributed by atoms with E-state index in [9.17, 15) is 0 Å². The first-order valence-electron chi connectivity index (χ1n) is 19.1. The van der Waals surface area contributed by atoms with Gasteiger partial charge in [-0.3, -0.25) is 0 Å². The van der Waals surface area contributed by atoms with Crippen LogP contribution in [0.4, 0.5) is 17.1 Å². The minimum absolute atomic E-state index is 1.15. The van der Waals surface area contributed by atoms with E-state index < -0.39 is 0 Å². The Hall–Kier alpha value is -7.00. The van der Waals surface area contributed by atoms with Gasteiger partial charge in [0.25, 0.3) is 0 Å². The van der Waals surface area contributed by atoms with Crippen molar-refractivity contribution in [1.29, 1.82) is 0 Å². The predicted octanol–water partition coefficient (Wildman–Crippen LogP) is 15.8. The maximum absolute atomic E-state index is 2.35. The molecule has 56 heavy (non-hydrogen) atoms. The first-order chi connectivity index (χ1) is 27.7. The average Bonchev–Trinajstić information content (AvgIpc) is 3.64. The summed E-state index contributed by atoms with van der Waals surface area (Å²) in [5.74, 6) is 0. The summed E-state index contributed by atoms with van der Waals surface area (Å²) in [5.41, 5.74) is 13.2. The fourth-order valence-corrected chi connectivity index (χ4v) is 8.98. The second-order valence-electron chi connectivity index (χ2n) is 14.2. The normalized spacial score (nSPS) is 11.5. The van der Waals surface area contributed by atoms with Crippen molar-refractivity contribution in [2.75, 3.05) is 4.90 Å². The van der Waals surface area contributed by atoms with Crippen molar-refractivity contribution in [3.8, 4) is 33.4 Å². The number of rotatable bonds is 8. The molecule has 1 aromatic heterocycles. The molecular weight excluding hydrogens is 695 g/mol. The topological polar surface area (TPSA) is 3.24 Å². The lowest BCUT2D eigenvalue weighted by Crippen LogP contribution is -2.09. The summed E-state index contributed by atoms with van der Waals surface area (Å²) in [6.45, 7) is 0. The number of anilines is 3. The van der Waals surface area contributed by atoms with Crippen molar-refractivity contribution < 1.29 is 0 Å². The molecule has 264 valence electrons. The smallest absolute Gasteiger partial charge is 0.0476 e. The van der Waals surface area contributed by atoms with Gasteiger partial charge in [-0.2, -0.15) is 0 Å². The number of hydrogen-bond donors (Lipinski definition) is 0. The molecule has 0 saturated carbocycles. The summed E-state index contributed by atoms with van der Waals surface area (Å²) in [6, 6.07) is 76.7. The summed E-state index contributed by atoms with van der Waals surface area (Å²) in [4.78, 5) is 2.33. The third kappa shape index (κ3) is 6.57. The van der Waals surface area contributed by atoms with Gasteiger partial charge in [0.1, 0.15) is 0 Å². The van der Waals surface area contributed by atoms with Gasteiger partial charge in [-0.25, -0.2) is 0 Å². The Morgan fingerprint density at radius 2 is 0.821 bits per heavy atom. The molecule has 0 atom stereocenters. The van der Waals surface area contributed by atoms with Gasteiger partial charge in [0.2, 0.25) is 0 Å². The number of nitrogens with zero attached hydrogens (tertiary/aromatic N) is 1. The molecule has 2 heteroatoms. The zero-order valence-electron chi connectivity index (χ0n) is 30.7. The molecule has 0 fully saturated rings. The zero-order valence-corrected chi connectivity index (χ0v) is 31.5. The van der Waals surface area contributed by atoms with Crippen LogP contribution in [0.15, 0.2) is 212 Å². The van der Waals surface area contributed by atoms with Gasteiger partial charge in [0.05, 0.1) is 0 Å². The summed E-state index contributed by atoms with van der Waals surface area (Å²) in [7, 11) is 0. The molecule has 0 radical (unpaired) electrons. The molecule has 0 bridgehead atoms. The van der Waals surface area contributed by atoms with Gasteiger partial charge in [0.15, 0.2) is 0 Å². The zero-order chi connectivity index (χ0) is 37.3. The van der Waals surface area contributed by atoms with Gasteiger partial charge < -0.3 is 4.90 Å². The molecule has 10 aromatic rings. The summed E-state index contributed by atoms with van der Waals surface area (Å²) in [6.07, 6.45) is 4.44. The Bertz CT molecular complexity index is 2940. The minimum Gasteiger partial charge on any atom is -0.310 e. The van der Waals surface area contributed by atoms with Crippen LogP contribution in [0.1, 0.15) is 11.1 Å². The molecule has 10 rings (SSSR count). The second-order valence-corrected chi connectivity index (χ2v) is 15.3. The molecule has 0 aliphatic carbocycles. The van der Waals surface area contributed by atoms with Crippen LogP contribution in [0.3, 0.4) is 0 Å². The molecule has 0 N–H and O–H groups in total. The van der Waals surface area contributed by atoms with Crippen molar-refractivity contribution in [2.45, 2.75) is 0 Å². The molecule has 0 amide bonds. The van der Waals surface area contributed by atoms with Crippen LogP contribution >= 0.6 is 11.3 Å². The lowest BCUT2D eigenvalue weighted by Gasteiger charge is -2.25. The first-order valence-corrected chi connectivity index (χ1v) is 19.9. The van der Waals surface area contributed by atoms with Crippen LogP contribution in [0.5, 0.6) is 0 Å². The van der Waals surface area contributed by atoms with Crippen LogP contribution in [0.25, 0.3) is 76.5 Å². The van der Waals surface area contributed by atoms with E-state index in [0.717, 1.165) is 17.1 Å². The van der Waals surface area contributed by atoms with Crippen LogP contribution in [0.2, 0.25) is 0 Å². The fourth-order valence-electron chi connectivity index (χ4n) is 7.80. The van der Waals surface area contributed by atoms with Crippen molar-refractivity contribution in [3.05, 3.63) is 223 Å². The van der Waals surface area contributed by atoms with E-state index >= 15 is 0 Å². The van der Waals surface area contributed by atoms with Crippen molar-refractivity contribution in [1.82, 2.24) is 0 Å². The molecule has 1 heterocycles. The predicted molar refractivity (Wildman–Crippen MR) is 243 cm³/mol. The molecule has 9 aromatic carbocycles. The third-order valence-corrected chi connectivity index (χ3v) is 11.7. The highest BCUT2D eigenvalue weighted by atomic mass is 32.1. The lowest BCUT2D eigenvalue weighted by atomic mass is 9.90. The maximum Gasteiger partial charge on any atom is 0.0476 e. The number of benzene rings is 9. The molecule has 0 unspecified atom stereocenters. The van der Waals surface area contributed by atoms with Gasteiger partial charge >= 0.3 is 0 Å². The molecular formula is C54H37NS. The third-order valence-electron chi connectivity index (χ3n) is 10.6. The Labute approximate surface area is 331 Å². The minimum atomic E-state index is 1.15. The van der Waals surface area contributed by atoms with E-state index in [1.54, 1.807) is 0 Å². The molecule has 0 aliphatic heterocycles. The van der Waals surface area contributed by atoms with E-state index in [0.29, 0.717) is 0 Å². The van der Waals surface area contributed by atoms with Gasteiger partial charge in [-0.05, 0) is 116 Å². The van der Waals surface area contributed by atoms with Crippen molar-refractivity contribution >= 4 is 71.5 Å². The summed E-state index contributed by atoms with van der Waals surface area (Å²) < 4.78 is 2.58. The van der Waals surface area contributed by atoms with Crippen molar-refractivity contribution in [2.24, 2.45) is 0 Å². The van der Waals surface area contributed by atoms with Crippen LogP contribution < -0.4 is 4.90 Å². The quantitative estimate of drug-likeness (QED) is 0.141. The van der Waals surface area contributed by atoms with Crippen LogP contribution in [-0.4, -0.2) is 0 Å². The standard InChI is InChI=1S/C54H37NS/c1-5-13-41(14-6-1)51-35-44-29-28-43(34-45(44)36-52(51)42-15-7-2-8-16-42)40-26-23-38(24-27-40)21-22-39-25-31-49-50-32-30-48(37-54(50)56-53(49)33-39)55(46-17-9-3-10-18-46)47-19-11-4-12-20-47/h1-37H/b22-21+. The highest BCUT2D eigenvalue weighted by Crippen LogP contribution is 2.41. The average molecular weight is 732 g/mol. The Balaban J connectivity index is 0.915. The van der Waals surface area contributed by atoms with Gasteiger partial charge in [-0.1, -0.05) is 164 Å². The SMILES string of the molecule is C(=C\c1ccc2c(c1)sc1cc(N(c3ccccc3)c3ccccc3)ccc12)/c1ccc(-c2ccc3cc(-c4ccccc4)c(-c4ccccc4)cc3c2)cc1. The first kappa shape index (κ1) is 33.6. The van der Waals surface area contributed by atoms with E-state index in [1.165, 1.54) is 75.5 Å². The van der Waals surface area contributed by atoms with Crippen LogP contribution in [-0.2, 0) is 0 Å². The molecule has 0 saturated heterocycles. The maximum atomic E-state index is 2.35. The number of fused-ring (bicyclic) bond motifs is 4. The highest BCUT2D eigenvalue weighted by Gasteiger charge is 2.15. The van der Waals surface area contributed by atoms with Crippen LogP contribution in [0, 0.1) is 0 Å². The Morgan fingerprint density at radius 3 is 1.45 bits per heavy atom. The molecule has 0 aliphatic rings. The Morgan fingerprint density at radius 1 is 0.321 bits per heavy atom. The fraction of sp³-hybridized carbons (Fsp3) is 0. The largest absolute Gasteiger partial charge is 0.310 e. The van der Waals surface area contributed by atoms with Gasteiger partial charge in [0, 0.05) is 37.2 Å². The number of thiophene rings is 1. The summed E-state index contributed by atoms with van der Waals surface area (Å²) >= 11 is 1.86. The monoisotopic (exact) mass is 731 g/mol. The number of para-hydroxylation sites is 2. The summed E-state index contributed by atoms with van der Waals surface area (Å²) in [5, 5.41) is 5.07. The van der Waals surface area contributed by atoms with E-state index in [2.05, 4.69) is 229 Å². The van der Waals surface area contributed by atoms with E-state index in [4.69, 9.17) is 0 Å². The van der Waals surface area contributed by atoms with Gasteiger partial charge in [-0.15, -0.1) is 11.3 Å². The second kappa shape index (κ2) is 14.7. The van der Waals surface area contributed by atoms with E-state index in [-0.39, 0.29) is 0 Å². The van der Waals surface area contributed by atoms with E-state index in [1.807, 2.05) is 11.3 Å².